The van der Waals surface area contributed by atoms with Crippen LogP contribution in [0.2, 0.25) is 0 Å². The van der Waals surface area contributed by atoms with Gasteiger partial charge in [-0.3, -0.25) is 0 Å². The molecule has 124 valence electrons. The summed E-state index contributed by atoms with van der Waals surface area (Å²) in [6.45, 7) is 2.98. The molecule has 1 fully saturated rings. The van der Waals surface area contributed by atoms with Gasteiger partial charge in [-0.15, -0.1) is 0 Å². The number of ether oxygens (including phenoxy) is 2. The third kappa shape index (κ3) is 2.15. The molecular formula is C16H16N4O4. The summed E-state index contributed by atoms with van der Waals surface area (Å²) in [5, 5.41) is 15.9. The van der Waals surface area contributed by atoms with Crippen LogP contribution in [0.1, 0.15) is 10.5 Å². The van der Waals surface area contributed by atoms with Gasteiger partial charge in [0.2, 0.25) is 0 Å². The Morgan fingerprint density at radius 1 is 1.29 bits per heavy atom. The molecule has 1 aliphatic heterocycles. The first kappa shape index (κ1) is 14.7. The molecule has 1 N–H and O–H groups in total. The highest BCUT2D eigenvalue weighted by atomic mass is 16.5. The molecule has 0 aliphatic carbocycles. The third-order valence-corrected chi connectivity index (χ3v) is 4.24. The zero-order valence-electron chi connectivity index (χ0n) is 13.1. The number of aromatic nitrogens is 3. The number of hydrogen-bond donors (Lipinski definition) is 1. The van der Waals surface area contributed by atoms with Gasteiger partial charge < -0.3 is 19.5 Å². The van der Waals surface area contributed by atoms with E-state index >= 15 is 0 Å². The number of aromatic hydroxyl groups is 1. The van der Waals surface area contributed by atoms with Gasteiger partial charge in [0.05, 0.1) is 20.3 Å². The topological polar surface area (TPSA) is 89.2 Å². The maximum Gasteiger partial charge on any atom is 0.360 e. The van der Waals surface area contributed by atoms with Gasteiger partial charge in [-0.2, -0.15) is 5.10 Å². The minimum Gasteiger partial charge on any atom is -0.505 e. The summed E-state index contributed by atoms with van der Waals surface area (Å²) in [6, 6.07) is 5.66. The first-order chi connectivity index (χ1) is 11.7. The standard InChI is InChI=1S/C16H16N4O4/c1-23-16(22)13-14(21)11-3-2-10(19-4-6-24-7-5-19)8-12(11)15-17-9-18-20(13)15/h2-3,8-9,21H,4-7H2,1H3. The third-order valence-electron chi connectivity index (χ3n) is 4.24. The number of methoxy groups -OCH3 is 1. The van der Waals surface area contributed by atoms with Gasteiger partial charge in [0.15, 0.2) is 17.1 Å². The van der Waals surface area contributed by atoms with Gasteiger partial charge in [-0.25, -0.2) is 14.3 Å². The van der Waals surface area contributed by atoms with Crippen LogP contribution < -0.4 is 4.90 Å². The number of esters is 1. The van der Waals surface area contributed by atoms with E-state index in [-0.39, 0.29) is 11.4 Å². The zero-order valence-corrected chi connectivity index (χ0v) is 13.1. The summed E-state index contributed by atoms with van der Waals surface area (Å²) in [5.74, 6) is -0.828. The molecule has 0 spiro atoms. The molecule has 1 aliphatic rings. The summed E-state index contributed by atoms with van der Waals surface area (Å²) >= 11 is 0. The largest absolute Gasteiger partial charge is 0.505 e. The average Bonchev–Trinajstić information content (AvgIpc) is 3.11. The van der Waals surface area contributed by atoms with Gasteiger partial charge in [0.25, 0.3) is 0 Å². The molecule has 0 radical (unpaired) electrons. The maximum atomic E-state index is 12.0. The average molecular weight is 328 g/mol. The predicted octanol–water partition coefficient (Wildman–Crippen LogP) is 1.21. The van der Waals surface area contributed by atoms with Crippen molar-refractivity contribution >= 4 is 28.1 Å². The van der Waals surface area contributed by atoms with E-state index in [4.69, 9.17) is 9.47 Å². The Morgan fingerprint density at radius 3 is 2.83 bits per heavy atom. The first-order valence-electron chi connectivity index (χ1n) is 7.60. The van der Waals surface area contributed by atoms with Crippen molar-refractivity contribution in [2.75, 3.05) is 38.3 Å². The second-order valence-electron chi connectivity index (χ2n) is 5.51. The molecule has 2 aromatic heterocycles. The second-order valence-corrected chi connectivity index (χ2v) is 5.51. The van der Waals surface area contributed by atoms with Gasteiger partial charge >= 0.3 is 5.97 Å². The summed E-state index contributed by atoms with van der Waals surface area (Å²) in [7, 11) is 1.26. The number of pyridine rings is 1. The SMILES string of the molecule is COC(=O)c1c(O)c2ccc(N3CCOCC3)cc2c2ncnn12. The Balaban J connectivity index is 1.96. The fourth-order valence-electron chi connectivity index (χ4n) is 3.04. The van der Waals surface area contributed by atoms with Gasteiger partial charge in [-0.05, 0) is 18.2 Å². The molecule has 1 aromatic carbocycles. The number of hydrogen-bond acceptors (Lipinski definition) is 7. The summed E-state index contributed by atoms with van der Waals surface area (Å²) in [6.07, 6.45) is 1.35. The number of rotatable bonds is 2. The van der Waals surface area contributed by atoms with Crippen molar-refractivity contribution in [3.05, 3.63) is 30.2 Å². The van der Waals surface area contributed by atoms with Crippen molar-refractivity contribution < 1.29 is 19.4 Å². The van der Waals surface area contributed by atoms with Crippen LogP contribution in [0.25, 0.3) is 16.4 Å². The molecule has 8 nitrogen and oxygen atoms in total. The number of morpholine rings is 1. The monoisotopic (exact) mass is 328 g/mol. The smallest absolute Gasteiger partial charge is 0.360 e. The fourth-order valence-corrected chi connectivity index (χ4v) is 3.04. The van der Waals surface area contributed by atoms with E-state index in [1.807, 2.05) is 12.1 Å². The van der Waals surface area contributed by atoms with Crippen molar-refractivity contribution in [2.45, 2.75) is 0 Å². The number of nitrogens with zero attached hydrogens (tertiary/aromatic N) is 4. The number of benzene rings is 1. The van der Waals surface area contributed by atoms with Crippen LogP contribution in [0, 0.1) is 0 Å². The minimum atomic E-state index is -0.665. The molecule has 0 saturated carbocycles. The summed E-state index contributed by atoms with van der Waals surface area (Å²) < 4.78 is 11.4. The summed E-state index contributed by atoms with van der Waals surface area (Å²) in [4.78, 5) is 18.5. The van der Waals surface area contributed by atoms with Crippen LogP contribution in [-0.4, -0.2) is 59.1 Å². The fraction of sp³-hybridized carbons (Fsp3) is 0.312. The highest BCUT2D eigenvalue weighted by Gasteiger charge is 2.23. The van der Waals surface area contributed by atoms with Crippen molar-refractivity contribution in [3.8, 4) is 5.75 Å². The molecule has 4 rings (SSSR count). The van der Waals surface area contributed by atoms with Crippen molar-refractivity contribution in [3.63, 3.8) is 0 Å². The lowest BCUT2D eigenvalue weighted by molar-refractivity contribution is 0.0587. The maximum absolute atomic E-state index is 12.0. The van der Waals surface area contributed by atoms with Crippen molar-refractivity contribution in [1.82, 2.24) is 14.6 Å². The Kier molecular flexibility index (Phi) is 3.46. The lowest BCUT2D eigenvalue weighted by atomic mass is 10.1. The van der Waals surface area contributed by atoms with E-state index in [0.717, 1.165) is 24.2 Å². The quantitative estimate of drug-likeness (QED) is 0.707. The molecule has 1 saturated heterocycles. The van der Waals surface area contributed by atoms with Crippen LogP contribution in [0.3, 0.4) is 0 Å². The van der Waals surface area contributed by atoms with E-state index in [0.29, 0.717) is 24.2 Å². The highest BCUT2D eigenvalue weighted by molar-refractivity contribution is 6.06. The number of fused-ring (bicyclic) bond motifs is 3. The van der Waals surface area contributed by atoms with Gasteiger partial charge in [0, 0.05) is 29.5 Å². The molecular weight excluding hydrogens is 312 g/mol. The Bertz CT molecular complexity index is 931. The Labute approximate surface area is 137 Å². The van der Waals surface area contributed by atoms with E-state index < -0.39 is 5.97 Å². The van der Waals surface area contributed by atoms with Gasteiger partial charge in [-0.1, -0.05) is 0 Å². The second kappa shape index (κ2) is 5.64. The molecule has 24 heavy (non-hydrogen) atoms. The lowest BCUT2D eigenvalue weighted by Gasteiger charge is -2.29. The molecule has 0 unspecified atom stereocenters. The van der Waals surface area contributed by atoms with Gasteiger partial charge in [0.1, 0.15) is 6.33 Å². The zero-order chi connectivity index (χ0) is 16.7. The van der Waals surface area contributed by atoms with Crippen LogP contribution >= 0.6 is 0 Å². The molecule has 8 heteroatoms. The molecule has 3 aromatic rings. The first-order valence-corrected chi connectivity index (χ1v) is 7.60. The van der Waals surface area contributed by atoms with Crippen LogP contribution in [0.5, 0.6) is 5.75 Å². The minimum absolute atomic E-state index is 0.0309. The van der Waals surface area contributed by atoms with E-state index in [9.17, 15) is 9.90 Å². The number of carbonyl (C=O) groups is 1. The van der Waals surface area contributed by atoms with E-state index in [2.05, 4.69) is 15.0 Å². The van der Waals surface area contributed by atoms with E-state index in [1.165, 1.54) is 18.0 Å². The Morgan fingerprint density at radius 2 is 2.08 bits per heavy atom. The summed E-state index contributed by atoms with van der Waals surface area (Å²) in [5.41, 5.74) is 1.48. The predicted molar refractivity (Wildman–Crippen MR) is 86.5 cm³/mol. The lowest BCUT2D eigenvalue weighted by Crippen LogP contribution is -2.36. The number of anilines is 1. The van der Waals surface area contributed by atoms with Crippen LogP contribution in [0.15, 0.2) is 24.5 Å². The molecule has 0 bridgehead atoms. The van der Waals surface area contributed by atoms with Crippen LogP contribution in [-0.2, 0) is 9.47 Å². The molecule has 3 heterocycles. The number of carbonyl (C=O) groups excluding carboxylic acids is 1. The highest BCUT2D eigenvalue weighted by Crippen LogP contribution is 2.34. The van der Waals surface area contributed by atoms with E-state index in [1.54, 1.807) is 6.07 Å². The normalized spacial score (nSPS) is 15.1. The molecule has 0 atom stereocenters. The van der Waals surface area contributed by atoms with Crippen molar-refractivity contribution in [1.29, 1.82) is 0 Å². The van der Waals surface area contributed by atoms with Crippen molar-refractivity contribution in [2.24, 2.45) is 0 Å². The molecule has 0 amide bonds. The Hall–Kier alpha value is -2.87. The van der Waals surface area contributed by atoms with Crippen LogP contribution in [0.4, 0.5) is 5.69 Å².